The van der Waals surface area contributed by atoms with Gasteiger partial charge in [-0.05, 0) is 13.8 Å². The van der Waals surface area contributed by atoms with E-state index in [2.05, 4.69) is 24.8 Å². The van der Waals surface area contributed by atoms with Crippen LogP contribution in [-0.4, -0.2) is 18.2 Å². The van der Waals surface area contributed by atoms with Crippen LogP contribution in [0, 0.1) is 0 Å². The third-order valence-electron chi connectivity index (χ3n) is 1.34. The first-order valence-electron chi connectivity index (χ1n) is 4.30. The van der Waals surface area contributed by atoms with Crippen LogP contribution < -0.4 is 11.0 Å². The Hall–Kier alpha value is -0.900. The number of hydrazine groups is 2. The van der Waals surface area contributed by atoms with Gasteiger partial charge in [-0.3, -0.25) is 5.01 Å². The Labute approximate surface area is 74.5 Å². The molecule has 4 nitrogen and oxygen atoms in total. The predicted molar refractivity (Wildman–Crippen MR) is 49.7 cm³/mol. The fourth-order valence-electron chi connectivity index (χ4n) is 0.829. The summed E-state index contributed by atoms with van der Waals surface area (Å²) in [5, 5.41) is 1.90. The highest BCUT2D eigenvalue weighted by Crippen LogP contribution is 2.08. The van der Waals surface area contributed by atoms with Crippen LogP contribution in [0.2, 0.25) is 0 Å². The maximum Gasteiger partial charge on any atom is 0.223 e. The van der Waals surface area contributed by atoms with E-state index < -0.39 is 0 Å². The third kappa shape index (κ3) is 2.62. The molecule has 4 heteroatoms. The van der Waals surface area contributed by atoms with Crippen LogP contribution in [0.15, 0.2) is 12.1 Å². The van der Waals surface area contributed by atoms with Gasteiger partial charge in [-0.1, -0.05) is 13.8 Å². The zero-order valence-electron chi connectivity index (χ0n) is 8.51. The molecular weight excluding hydrogens is 154 g/mol. The average molecular weight is 173 g/mol. The van der Waals surface area contributed by atoms with Gasteiger partial charge in [0.2, 0.25) is 5.88 Å². The van der Waals surface area contributed by atoms with E-state index in [1.54, 1.807) is 13.3 Å². The quantitative estimate of drug-likeness (QED) is 0.657. The van der Waals surface area contributed by atoms with Crippen LogP contribution >= 0.6 is 0 Å². The first-order valence-corrected chi connectivity index (χ1v) is 4.30. The van der Waals surface area contributed by atoms with Crippen molar-refractivity contribution in [2.75, 3.05) is 7.11 Å². The summed E-state index contributed by atoms with van der Waals surface area (Å²) in [5.74, 6) is 0.815. The lowest BCUT2D eigenvalue weighted by atomic mass is 10.4. The number of hydrogen-bond acceptors (Lipinski definition) is 4. The van der Waals surface area contributed by atoms with E-state index in [4.69, 9.17) is 4.74 Å². The summed E-state index contributed by atoms with van der Waals surface area (Å²) in [6.07, 6.45) is 1.78. The minimum Gasteiger partial charge on any atom is -0.480 e. The molecule has 1 rings (SSSR count). The Kier molecular flexibility index (Phi) is 5.28. The van der Waals surface area contributed by atoms with Crippen molar-refractivity contribution in [1.29, 1.82) is 0 Å². The second-order valence-electron chi connectivity index (χ2n) is 2.41. The van der Waals surface area contributed by atoms with E-state index in [1.165, 1.54) is 0 Å². The van der Waals surface area contributed by atoms with E-state index in [1.807, 2.05) is 18.9 Å². The molecule has 1 aliphatic heterocycles. The Balaban J connectivity index is 0.000000561. The summed E-state index contributed by atoms with van der Waals surface area (Å²) >= 11 is 0. The number of nitrogens with zero attached hydrogens (tertiary/aromatic N) is 1. The van der Waals surface area contributed by atoms with Crippen molar-refractivity contribution in [3.8, 4) is 0 Å². The first-order chi connectivity index (χ1) is 5.75. The molecule has 0 atom stereocenters. The van der Waals surface area contributed by atoms with Crippen molar-refractivity contribution in [3.05, 3.63) is 12.1 Å². The molecule has 0 unspecified atom stereocenters. The normalized spacial score (nSPS) is 14.8. The van der Waals surface area contributed by atoms with Crippen molar-refractivity contribution < 1.29 is 4.74 Å². The van der Waals surface area contributed by atoms with Gasteiger partial charge in [0.25, 0.3) is 0 Å². The van der Waals surface area contributed by atoms with Gasteiger partial charge in [-0.15, -0.1) is 5.53 Å². The van der Waals surface area contributed by atoms with Gasteiger partial charge in [0.05, 0.1) is 13.3 Å². The molecule has 0 amide bonds. The van der Waals surface area contributed by atoms with Crippen molar-refractivity contribution in [3.63, 3.8) is 0 Å². The van der Waals surface area contributed by atoms with E-state index in [9.17, 15) is 0 Å². The molecule has 0 fully saturated rings. The molecule has 0 bridgehead atoms. The largest absolute Gasteiger partial charge is 0.480 e. The fraction of sp³-hybridized carbons (Fsp3) is 0.750. The van der Waals surface area contributed by atoms with Crippen LogP contribution in [0.4, 0.5) is 0 Å². The van der Waals surface area contributed by atoms with Gasteiger partial charge in [0.15, 0.2) is 0 Å². The molecule has 72 valence electrons. The molecule has 2 N–H and O–H groups in total. The number of ether oxygens (including phenoxy) is 1. The number of rotatable bonds is 2. The lowest BCUT2D eigenvalue weighted by Crippen LogP contribution is -2.42. The third-order valence-corrected chi connectivity index (χ3v) is 1.34. The zero-order chi connectivity index (χ0) is 9.56. The molecule has 0 saturated heterocycles. The molecule has 0 saturated carbocycles. The number of hydrogen-bond donors (Lipinski definition) is 2. The second-order valence-corrected chi connectivity index (χ2v) is 2.41. The SMILES string of the molecule is CC.COC1=CNNN1C(C)C. The van der Waals surface area contributed by atoms with Gasteiger partial charge in [-0.2, -0.15) is 0 Å². The van der Waals surface area contributed by atoms with Crippen LogP contribution in [0.3, 0.4) is 0 Å². The highest BCUT2D eigenvalue weighted by atomic mass is 16.5. The standard InChI is InChI=1S/C6H13N3O.C2H6/c1-5(2)9-6(10-3)4-7-8-9;1-2/h4-5,7-8H,1-3H3;1-2H3. The van der Waals surface area contributed by atoms with Gasteiger partial charge in [0, 0.05) is 6.04 Å². The van der Waals surface area contributed by atoms with Crippen molar-refractivity contribution in [2.45, 2.75) is 33.7 Å². The van der Waals surface area contributed by atoms with Gasteiger partial charge in [0.1, 0.15) is 0 Å². The zero-order valence-corrected chi connectivity index (χ0v) is 8.51. The highest BCUT2D eigenvalue weighted by molar-refractivity contribution is 4.94. The van der Waals surface area contributed by atoms with E-state index in [0.29, 0.717) is 6.04 Å². The van der Waals surface area contributed by atoms with E-state index >= 15 is 0 Å². The minimum atomic E-state index is 0.390. The maximum atomic E-state index is 5.05. The van der Waals surface area contributed by atoms with E-state index in [0.717, 1.165) is 5.88 Å². The Morgan fingerprint density at radius 2 is 2.00 bits per heavy atom. The minimum absolute atomic E-state index is 0.390. The maximum absolute atomic E-state index is 5.05. The lowest BCUT2D eigenvalue weighted by Gasteiger charge is -2.23. The molecule has 1 heterocycles. The molecule has 0 aromatic heterocycles. The van der Waals surface area contributed by atoms with Crippen LogP contribution in [-0.2, 0) is 4.74 Å². The summed E-state index contributed by atoms with van der Waals surface area (Å²) in [7, 11) is 1.65. The number of nitrogens with one attached hydrogen (secondary N) is 2. The topological polar surface area (TPSA) is 36.5 Å². The smallest absolute Gasteiger partial charge is 0.223 e. The monoisotopic (exact) mass is 173 g/mol. The molecule has 0 aromatic carbocycles. The van der Waals surface area contributed by atoms with Crippen LogP contribution in [0.5, 0.6) is 0 Å². The Bertz CT molecular complexity index is 145. The molecule has 0 spiro atoms. The Morgan fingerprint density at radius 3 is 2.33 bits per heavy atom. The molecular formula is C8H19N3O. The van der Waals surface area contributed by atoms with Crippen molar-refractivity contribution in [2.24, 2.45) is 0 Å². The van der Waals surface area contributed by atoms with Crippen LogP contribution in [0.25, 0.3) is 0 Å². The van der Waals surface area contributed by atoms with Gasteiger partial charge in [-0.25, -0.2) is 0 Å². The van der Waals surface area contributed by atoms with Crippen molar-refractivity contribution >= 4 is 0 Å². The molecule has 12 heavy (non-hydrogen) atoms. The molecule has 1 aliphatic rings. The van der Waals surface area contributed by atoms with Gasteiger partial charge < -0.3 is 10.2 Å². The summed E-state index contributed by atoms with van der Waals surface area (Å²) in [5.41, 5.74) is 5.77. The molecule has 0 radical (unpaired) electrons. The fourth-order valence-corrected chi connectivity index (χ4v) is 0.829. The van der Waals surface area contributed by atoms with E-state index in [-0.39, 0.29) is 0 Å². The summed E-state index contributed by atoms with van der Waals surface area (Å²) in [6, 6.07) is 0.390. The average Bonchev–Trinajstić information content (AvgIpc) is 2.55. The van der Waals surface area contributed by atoms with Gasteiger partial charge >= 0.3 is 0 Å². The lowest BCUT2D eigenvalue weighted by molar-refractivity contribution is 0.0964. The second kappa shape index (κ2) is 5.71. The Morgan fingerprint density at radius 1 is 1.42 bits per heavy atom. The highest BCUT2D eigenvalue weighted by Gasteiger charge is 2.17. The van der Waals surface area contributed by atoms with Crippen molar-refractivity contribution in [1.82, 2.24) is 16.0 Å². The summed E-state index contributed by atoms with van der Waals surface area (Å²) < 4.78 is 5.05. The molecule has 0 aromatic rings. The molecule has 0 aliphatic carbocycles. The summed E-state index contributed by atoms with van der Waals surface area (Å²) in [4.78, 5) is 0. The summed E-state index contributed by atoms with van der Waals surface area (Å²) in [6.45, 7) is 8.15. The first kappa shape index (κ1) is 11.1. The van der Waals surface area contributed by atoms with Crippen LogP contribution in [0.1, 0.15) is 27.7 Å². The predicted octanol–water partition coefficient (Wildman–Crippen LogP) is 1.19. The number of methoxy groups -OCH3 is 1.